The van der Waals surface area contributed by atoms with Gasteiger partial charge in [-0.05, 0) is 31.9 Å². The van der Waals surface area contributed by atoms with Crippen LogP contribution in [0.4, 0.5) is 0 Å². The lowest BCUT2D eigenvalue weighted by atomic mass is 9.80. The van der Waals surface area contributed by atoms with Crippen LogP contribution in [-0.2, 0) is 19.0 Å². The molecule has 2 aliphatic rings. The molecule has 1 fully saturated rings. The van der Waals surface area contributed by atoms with Crippen molar-refractivity contribution in [2.75, 3.05) is 39.5 Å². The highest BCUT2D eigenvalue weighted by atomic mass is 16.7. The van der Waals surface area contributed by atoms with Gasteiger partial charge in [0.1, 0.15) is 5.58 Å². The predicted molar refractivity (Wildman–Crippen MR) is 111 cm³/mol. The van der Waals surface area contributed by atoms with E-state index in [4.69, 9.17) is 18.6 Å². The molecule has 0 aliphatic carbocycles. The van der Waals surface area contributed by atoms with Crippen molar-refractivity contribution in [2.24, 2.45) is 5.92 Å². The van der Waals surface area contributed by atoms with Crippen LogP contribution >= 0.6 is 0 Å². The van der Waals surface area contributed by atoms with Crippen LogP contribution in [0.25, 0.3) is 11.0 Å². The van der Waals surface area contributed by atoms with E-state index in [1.54, 1.807) is 11.2 Å². The van der Waals surface area contributed by atoms with Crippen molar-refractivity contribution in [2.45, 2.75) is 32.0 Å². The highest BCUT2D eigenvalue weighted by Crippen LogP contribution is 2.42. The zero-order chi connectivity index (χ0) is 20.9. The van der Waals surface area contributed by atoms with Crippen LogP contribution in [0.3, 0.4) is 0 Å². The van der Waals surface area contributed by atoms with Gasteiger partial charge in [0.2, 0.25) is 6.29 Å². The molecule has 0 bridgehead atoms. The number of rotatable bonds is 7. The van der Waals surface area contributed by atoms with Crippen LogP contribution in [0, 0.1) is 5.92 Å². The average Bonchev–Trinajstić information content (AvgIpc) is 3.22. The SMILES string of the molecule is CCO[C@H]1OC(C(=O)N2CCOCC2)=C[C@@H](c2coc3ccccc23)[C@H]1CCCO. The summed E-state index contributed by atoms with van der Waals surface area (Å²) in [5.74, 6) is 0.0112. The van der Waals surface area contributed by atoms with E-state index >= 15 is 0 Å². The van der Waals surface area contributed by atoms with Crippen molar-refractivity contribution in [3.8, 4) is 0 Å². The number of nitrogens with zero attached hydrogens (tertiary/aromatic N) is 1. The van der Waals surface area contributed by atoms with E-state index < -0.39 is 6.29 Å². The van der Waals surface area contributed by atoms with Crippen molar-refractivity contribution in [3.63, 3.8) is 0 Å². The Morgan fingerprint density at radius 2 is 2.07 bits per heavy atom. The number of allylic oxidation sites excluding steroid dienone is 1. The molecule has 1 N–H and O–H groups in total. The van der Waals surface area contributed by atoms with Crippen LogP contribution < -0.4 is 0 Å². The van der Waals surface area contributed by atoms with E-state index in [1.165, 1.54) is 0 Å². The number of hydrogen-bond donors (Lipinski definition) is 1. The van der Waals surface area contributed by atoms with Crippen molar-refractivity contribution in [3.05, 3.63) is 47.9 Å². The third kappa shape index (κ3) is 4.24. The highest BCUT2D eigenvalue weighted by molar-refractivity contribution is 5.92. The lowest BCUT2D eigenvalue weighted by Gasteiger charge is -2.38. The molecule has 1 aromatic carbocycles. The summed E-state index contributed by atoms with van der Waals surface area (Å²) in [7, 11) is 0. The molecule has 0 saturated carbocycles. The first-order valence-corrected chi connectivity index (χ1v) is 10.7. The Hall–Kier alpha value is -2.35. The number of aliphatic hydroxyl groups excluding tert-OH is 1. The number of ether oxygens (including phenoxy) is 3. The maximum atomic E-state index is 13.2. The molecular weight excluding hydrogens is 386 g/mol. The molecule has 0 radical (unpaired) electrons. The summed E-state index contributed by atoms with van der Waals surface area (Å²) in [6.07, 6.45) is 4.45. The second-order valence-electron chi connectivity index (χ2n) is 7.62. The van der Waals surface area contributed by atoms with E-state index in [9.17, 15) is 9.90 Å². The van der Waals surface area contributed by atoms with E-state index in [0.717, 1.165) is 16.5 Å². The molecule has 7 nitrogen and oxygen atoms in total. The minimum atomic E-state index is -0.565. The zero-order valence-corrected chi connectivity index (χ0v) is 17.3. The van der Waals surface area contributed by atoms with E-state index in [2.05, 4.69) is 0 Å². The Kier molecular flexibility index (Phi) is 6.72. The van der Waals surface area contributed by atoms with Crippen LogP contribution in [-0.4, -0.2) is 61.7 Å². The molecule has 3 atom stereocenters. The Morgan fingerprint density at radius 3 is 2.83 bits per heavy atom. The van der Waals surface area contributed by atoms with Crippen LogP contribution in [0.15, 0.2) is 46.8 Å². The van der Waals surface area contributed by atoms with Gasteiger partial charge in [-0.1, -0.05) is 18.2 Å². The first-order chi connectivity index (χ1) is 14.7. The van der Waals surface area contributed by atoms with Gasteiger partial charge < -0.3 is 28.6 Å². The highest BCUT2D eigenvalue weighted by Gasteiger charge is 2.40. The number of carbonyl (C=O) groups excluding carboxylic acids is 1. The summed E-state index contributed by atoms with van der Waals surface area (Å²) in [6, 6.07) is 7.88. The molecule has 4 rings (SSSR count). The van der Waals surface area contributed by atoms with Gasteiger partial charge in [-0.25, -0.2) is 0 Å². The van der Waals surface area contributed by atoms with Gasteiger partial charge in [0, 0.05) is 49.1 Å². The monoisotopic (exact) mass is 415 g/mol. The van der Waals surface area contributed by atoms with E-state index in [1.807, 2.05) is 37.3 Å². The minimum absolute atomic E-state index is 0.0423. The second-order valence-corrected chi connectivity index (χ2v) is 7.62. The standard InChI is InChI=1S/C23H29NO6/c1-2-28-23-17(7-5-11-25)18(19-15-29-20-8-4-3-6-16(19)20)14-21(30-23)22(26)24-9-12-27-13-10-24/h3-4,6,8,14-15,17-18,23,25H,2,5,7,9-13H2,1H3/t17-,18-,23+/m1/s1. The molecule has 2 aliphatic heterocycles. The summed E-state index contributed by atoms with van der Waals surface area (Å²) in [6.45, 7) is 4.63. The van der Waals surface area contributed by atoms with Gasteiger partial charge in [-0.2, -0.15) is 0 Å². The number of amides is 1. The van der Waals surface area contributed by atoms with Gasteiger partial charge in [-0.15, -0.1) is 0 Å². The summed E-state index contributed by atoms with van der Waals surface area (Å²) < 4.78 is 23.2. The number of benzene rings is 1. The first kappa shape index (κ1) is 20.9. The van der Waals surface area contributed by atoms with E-state index in [-0.39, 0.29) is 24.3 Å². The Balaban J connectivity index is 1.73. The molecule has 30 heavy (non-hydrogen) atoms. The lowest BCUT2D eigenvalue weighted by molar-refractivity contribution is -0.171. The van der Waals surface area contributed by atoms with Crippen molar-refractivity contribution < 1.29 is 28.5 Å². The molecule has 2 aromatic rings. The van der Waals surface area contributed by atoms with Gasteiger partial charge in [0.05, 0.1) is 19.5 Å². The summed E-state index contributed by atoms with van der Waals surface area (Å²) in [5, 5.41) is 10.4. The third-order valence-electron chi connectivity index (χ3n) is 5.79. The Bertz CT molecular complexity index is 885. The van der Waals surface area contributed by atoms with Crippen molar-refractivity contribution >= 4 is 16.9 Å². The van der Waals surface area contributed by atoms with Crippen LogP contribution in [0.2, 0.25) is 0 Å². The molecular formula is C23H29NO6. The Morgan fingerprint density at radius 1 is 1.27 bits per heavy atom. The second kappa shape index (κ2) is 9.64. The number of para-hydroxylation sites is 1. The molecule has 162 valence electrons. The number of furan rings is 1. The fourth-order valence-corrected chi connectivity index (χ4v) is 4.29. The number of aliphatic hydroxyl groups is 1. The fourth-order valence-electron chi connectivity index (χ4n) is 4.29. The number of morpholine rings is 1. The van der Waals surface area contributed by atoms with Crippen molar-refractivity contribution in [1.29, 1.82) is 0 Å². The lowest BCUT2D eigenvalue weighted by Crippen LogP contribution is -2.44. The smallest absolute Gasteiger partial charge is 0.288 e. The summed E-state index contributed by atoms with van der Waals surface area (Å²) in [4.78, 5) is 14.9. The van der Waals surface area contributed by atoms with Crippen molar-refractivity contribution in [1.82, 2.24) is 4.90 Å². The molecule has 3 heterocycles. The molecule has 0 spiro atoms. The summed E-state index contributed by atoms with van der Waals surface area (Å²) >= 11 is 0. The maximum Gasteiger partial charge on any atom is 0.288 e. The maximum absolute atomic E-state index is 13.2. The Labute approximate surface area is 176 Å². The quantitative estimate of drug-likeness (QED) is 0.749. The minimum Gasteiger partial charge on any atom is -0.464 e. The van der Waals surface area contributed by atoms with Crippen LogP contribution in [0.5, 0.6) is 0 Å². The number of hydrogen-bond acceptors (Lipinski definition) is 6. The van der Waals surface area contributed by atoms with Gasteiger partial charge in [-0.3, -0.25) is 4.79 Å². The largest absolute Gasteiger partial charge is 0.464 e. The average molecular weight is 415 g/mol. The van der Waals surface area contributed by atoms with E-state index in [0.29, 0.717) is 51.5 Å². The topological polar surface area (TPSA) is 81.4 Å². The molecule has 1 saturated heterocycles. The molecule has 7 heteroatoms. The summed E-state index contributed by atoms with van der Waals surface area (Å²) in [5.41, 5.74) is 1.82. The number of carbonyl (C=O) groups is 1. The normalized spacial score (nSPS) is 24.5. The fraction of sp³-hybridized carbons (Fsp3) is 0.522. The first-order valence-electron chi connectivity index (χ1n) is 10.7. The van der Waals surface area contributed by atoms with Crippen LogP contribution in [0.1, 0.15) is 31.2 Å². The third-order valence-corrected chi connectivity index (χ3v) is 5.79. The van der Waals surface area contributed by atoms with Gasteiger partial charge in [0.15, 0.2) is 5.76 Å². The zero-order valence-electron chi connectivity index (χ0n) is 17.3. The molecule has 1 aromatic heterocycles. The van der Waals surface area contributed by atoms with Gasteiger partial charge in [0.25, 0.3) is 5.91 Å². The van der Waals surface area contributed by atoms with Gasteiger partial charge >= 0.3 is 0 Å². The predicted octanol–water partition coefficient (Wildman–Crippen LogP) is 3.04. The molecule has 1 amide bonds. The number of fused-ring (bicyclic) bond motifs is 1. The molecule has 0 unspecified atom stereocenters.